The number of ether oxygens (including phenoxy) is 1. The molecule has 9 heteroatoms. The topological polar surface area (TPSA) is 94.2 Å². The van der Waals surface area contributed by atoms with Gasteiger partial charge in [0.2, 0.25) is 5.95 Å². The third-order valence-corrected chi connectivity index (χ3v) is 7.84. The third kappa shape index (κ3) is 4.74. The minimum atomic E-state index is 0.435. The summed E-state index contributed by atoms with van der Waals surface area (Å²) in [6.07, 6.45) is 11.8. The molecule has 0 spiro atoms. The van der Waals surface area contributed by atoms with Crippen LogP contribution in [0.4, 0.5) is 23.1 Å². The van der Waals surface area contributed by atoms with E-state index in [2.05, 4.69) is 53.6 Å². The Labute approximate surface area is 206 Å². The Morgan fingerprint density at radius 3 is 2.69 bits per heavy atom. The number of rotatable bonds is 7. The molecule has 1 aliphatic carbocycles. The third-order valence-electron chi connectivity index (χ3n) is 7.84. The summed E-state index contributed by atoms with van der Waals surface area (Å²) in [5.74, 6) is 2.11. The lowest BCUT2D eigenvalue weighted by Crippen LogP contribution is -2.35. The van der Waals surface area contributed by atoms with Crippen molar-refractivity contribution in [2.24, 2.45) is 0 Å². The molecule has 0 radical (unpaired) electrons. The second kappa shape index (κ2) is 9.89. The minimum absolute atomic E-state index is 0.435. The van der Waals surface area contributed by atoms with Crippen LogP contribution in [-0.4, -0.2) is 70.2 Å². The highest BCUT2D eigenvalue weighted by Gasteiger charge is 2.29. The van der Waals surface area contributed by atoms with Gasteiger partial charge in [-0.3, -0.25) is 4.90 Å². The Kier molecular flexibility index (Phi) is 6.33. The van der Waals surface area contributed by atoms with Gasteiger partial charge in [-0.1, -0.05) is 19.3 Å². The van der Waals surface area contributed by atoms with Crippen molar-refractivity contribution in [2.75, 3.05) is 48.8 Å². The summed E-state index contributed by atoms with van der Waals surface area (Å²) < 4.78 is 5.78. The summed E-state index contributed by atoms with van der Waals surface area (Å²) >= 11 is 0. The summed E-state index contributed by atoms with van der Waals surface area (Å²) in [4.78, 5) is 22.2. The Hall–Kier alpha value is -3.07. The van der Waals surface area contributed by atoms with Crippen LogP contribution in [0.5, 0.6) is 5.75 Å². The van der Waals surface area contributed by atoms with Crippen molar-refractivity contribution in [1.82, 2.24) is 24.8 Å². The fourth-order valence-corrected chi connectivity index (χ4v) is 5.91. The number of aromatic amines is 1. The number of imidazole rings is 1. The van der Waals surface area contributed by atoms with Gasteiger partial charge in [-0.15, -0.1) is 0 Å². The van der Waals surface area contributed by atoms with Crippen molar-refractivity contribution in [3.05, 3.63) is 24.5 Å². The second-order valence-electron chi connectivity index (χ2n) is 10.1. The van der Waals surface area contributed by atoms with Gasteiger partial charge in [-0.2, -0.15) is 9.97 Å². The van der Waals surface area contributed by atoms with Gasteiger partial charge in [0.1, 0.15) is 11.3 Å². The summed E-state index contributed by atoms with van der Waals surface area (Å²) in [5, 5.41) is 7.02. The van der Waals surface area contributed by atoms with Crippen LogP contribution in [0.1, 0.15) is 51.4 Å². The predicted molar refractivity (Wildman–Crippen MR) is 140 cm³/mol. The Morgan fingerprint density at radius 2 is 1.86 bits per heavy atom. The molecule has 1 saturated carbocycles. The first-order chi connectivity index (χ1) is 17.3. The smallest absolute Gasteiger partial charge is 0.231 e. The first kappa shape index (κ1) is 22.4. The molecular formula is C26H36N8O. The highest BCUT2D eigenvalue weighted by atomic mass is 16.5. The molecule has 35 heavy (non-hydrogen) atoms. The molecule has 1 atom stereocenters. The number of H-pyrrole nitrogens is 1. The van der Waals surface area contributed by atoms with Crippen LogP contribution in [0.2, 0.25) is 0 Å². The van der Waals surface area contributed by atoms with Gasteiger partial charge in [-0.25, -0.2) is 4.98 Å². The molecule has 6 rings (SSSR count). The zero-order valence-electron chi connectivity index (χ0n) is 20.6. The van der Waals surface area contributed by atoms with Gasteiger partial charge in [-0.05, 0) is 57.3 Å². The summed E-state index contributed by atoms with van der Waals surface area (Å²) in [7, 11) is 1.72. The van der Waals surface area contributed by atoms with Crippen molar-refractivity contribution in [1.29, 1.82) is 0 Å². The van der Waals surface area contributed by atoms with Crippen molar-refractivity contribution < 1.29 is 4.74 Å². The van der Waals surface area contributed by atoms with E-state index in [1.54, 1.807) is 13.4 Å². The molecule has 9 nitrogen and oxygen atoms in total. The number of hydrogen-bond donors (Lipinski definition) is 3. The van der Waals surface area contributed by atoms with E-state index in [4.69, 9.17) is 9.72 Å². The zero-order chi connectivity index (χ0) is 23.6. The van der Waals surface area contributed by atoms with Gasteiger partial charge in [0, 0.05) is 36.9 Å². The molecule has 2 saturated heterocycles. The monoisotopic (exact) mass is 476 g/mol. The standard InChI is InChI=1S/C26H36N8O/c1-35-22-15-19(34-14-11-20(16-34)33-12-5-6-13-33)9-10-21(22)30-26-31-24-23(27-17-28-24)25(32-26)29-18-7-3-2-4-8-18/h9-10,15,17-18,20H,2-8,11-14,16H2,1H3,(H3,27,28,29,30,31,32). The van der Waals surface area contributed by atoms with Crippen LogP contribution >= 0.6 is 0 Å². The minimum Gasteiger partial charge on any atom is -0.494 e. The number of nitrogens with one attached hydrogen (secondary N) is 3. The lowest BCUT2D eigenvalue weighted by atomic mass is 9.95. The van der Waals surface area contributed by atoms with E-state index >= 15 is 0 Å². The molecule has 3 aliphatic rings. The number of benzene rings is 1. The van der Waals surface area contributed by atoms with Crippen molar-refractivity contribution in [2.45, 2.75) is 63.5 Å². The Balaban J connectivity index is 1.20. The quantitative estimate of drug-likeness (QED) is 0.458. The first-order valence-corrected chi connectivity index (χ1v) is 13.2. The van der Waals surface area contributed by atoms with Crippen molar-refractivity contribution in [3.63, 3.8) is 0 Å². The molecule has 3 fully saturated rings. The zero-order valence-corrected chi connectivity index (χ0v) is 20.6. The molecule has 0 amide bonds. The van der Waals surface area contributed by atoms with E-state index in [1.165, 1.54) is 70.1 Å². The molecule has 1 unspecified atom stereocenters. The maximum Gasteiger partial charge on any atom is 0.231 e. The van der Waals surface area contributed by atoms with Crippen LogP contribution < -0.4 is 20.3 Å². The lowest BCUT2D eigenvalue weighted by molar-refractivity contribution is 0.260. The highest BCUT2D eigenvalue weighted by Crippen LogP contribution is 2.34. The molecule has 3 N–H and O–H groups in total. The number of nitrogens with zero attached hydrogens (tertiary/aromatic N) is 5. The normalized spacial score (nSPS) is 21.6. The molecule has 2 aromatic heterocycles. The van der Waals surface area contributed by atoms with Gasteiger partial charge < -0.3 is 25.3 Å². The van der Waals surface area contributed by atoms with E-state index in [9.17, 15) is 0 Å². The average Bonchev–Trinajstić information content (AvgIpc) is 3.66. The molecular weight excluding hydrogens is 440 g/mol. The van der Waals surface area contributed by atoms with Crippen LogP contribution in [0.3, 0.4) is 0 Å². The number of fused-ring (bicyclic) bond motifs is 1. The number of hydrogen-bond acceptors (Lipinski definition) is 8. The second-order valence-corrected chi connectivity index (χ2v) is 10.1. The number of anilines is 4. The molecule has 2 aliphatic heterocycles. The fourth-order valence-electron chi connectivity index (χ4n) is 5.91. The largest absolute Gasteiger partial charge is 0.494 e. The first-order valence-electron chi connectivity index (χ1n) is 13.2. The van der Waals surface area contributed by atoms with Crippen LogP contribution in [-0.2, 0) is 0 Å². The van der Waals surface area contributed by atoms with E-state index < -0.39 is 0 Å². The number of aromatic nitrogens is 4. The van der Waals surface area contributed by atoms with Gasteiger partial charge >= 0.3 is 0 Å². The van der Waals surface area contributed by atoms with Crippen LogP contribution in [0.15, 0.2) is 24.5 Å². The van der Waals surface area contributed by atoms with Crippen LogP contribution in [0, 0.1) is 0 Å². The predicted octanol–water partition coefficient (Wildman–Crippen LogP) is 4.52. The summed E-state index contributed by atoms with van der Waals surface area (Å²) in [6.45, 7) is 4.69. The lowest BCUT2D eigenvalue weighted by Gasteiger charge is -2.25. The highest BCUT2D eigenvalue weighted by molar-refractivity contribution is 5.84. The fraction of sp³-hybridized carbons (Fsp3) is 0.577. The van der Waals surface area contributed by atoms with E-state index in [0.717, 1.165) is 41.5 Å². The van der Waals surface area contributed by atoms with Crippen molar-refractivity contribution in [3.8, 4) is 5.75 Å². The van der Waals surface area contributed by atoms with E-state index in [0.29, 0.717) is 18.0 Å². The molecule has 0 bridgehead atoms. The molecule has 4 heterocycles. The number of methoxy groups -OCH3 is 1. The van der Waals surface area contributed by atoms with E-state index in [-0.39, 0.29) is 0 Å². The Morgan fingerprint density at radius 1 is 1.00 bits per heavy atom. The number of likely N-dealkylation sites (tertiary alicyclic amines) is 1. The molecule has 186 valence electrons. The maximum atomic E-state index is 5.78. The summed E-state index contributed by atoms with van der Waals surface area (Å²) in [5.41, 5.74) is 3.57. The van der Waals surface area contributed by atoms with Gasteiger partial charge in [0.05, 0.1) is 19.1 Å². The Bertz CT molecular complexity index is 1150. The van der Waals surface area contributed by atoms with Crippen LogP contribution in [0.25, 0.3) is 11.2 Å². The molecule has 3 aromatic rings. The molecule has 1 aromatic carbocycles. The SMILES string of the molecule is COc1cc(N2CCC(N3CCCC3)C2)ccc1Nc1nc(NC2CCCCC2)c2nc[nH]c2n1. The van der Waals surface area contributed by atoms with Crippen molar-refractivity contribution >= 4 is 34.3 Å². The van der Waals surface area contributed by atoms with Gasteiger partial charge in [0.25, 0.3) is 0 Å². The average molecular weight is 477 g/mol. The maximum absolute atomic E-state index is 5.78. The van der Waals surface area contributed by atoms with E-state index in [1.807, 2.05) is 0 Å². The summed E-state index contributed by atoms with van der Waals surface area (Å²) in [6, 6.07) is 7.49. The van der Waals surface area contributed by atoms with Gasteiger partial charge in [0.15, 0.2) is 11.5 Å².